The van der Waals surface area contributed by atoms with Gasteiger partial charge in [0.05, 0.1) is 7.11 Å². The van der Waals surface area contributed by atoms with Gasteiger partial charge in [0.1, 0.15) is 5.75 Å². The lowest BCUT2D eigenvalue weighted by Gasteiger charge is -2.06. The lowest BCUT2D eigenvalue weighted by atomic mass is 10.0. The Balaban J connectivity index is 2.08. The van der Waals surface area contributed by atoms with Crippen molar-refractivity contribution in [1.29, 1.82) is 0 Å². The molecule has 0 atom stereocenters. The maximum absolute atomic E-state index is 12.7. The molecule has 0 aliphatic carbocycles. The van der Waals surface area contributed by atoms with Gasteiger partial charge in [-0.25, -0.2) is 0 Å². The highest BCUT2D eigenvalue weighted by Crippen LogP contribution is 2.25. The van der Waals surface area contributed by atoms with Crippen LogP contribution in [0.1, 0.15) is 27.0 Å². The average molecular weight is 279 g/mol. The van der Waals surface area contributed by atoms with Gasteiger partial charge in [0.2, 0.25) is 0 Å². The zero-order valence-electron chi connectivity index (χ0n) is 12.4. The van der Waals surface area contributed by atoms with Gasteiger partial charge in [-0.1, -0.05) is 24.3 Å². The minimum absolute atomic E-state index is 0.00315. The van der Waals surface area contributed by atoms with Crippen molar-refractivity contribution >= 4 is 16.7 Å². The molecule has 3 rings (SSSR count). The lowest BCUT2D eigenvalue weighted by Crippen LogP contribution is -2.01. The fraction of sp³-hybridized carbons (Fsp3) is 0.167. The Kier molecular flexibility index (Phi) is 3.26. The highest BCUT2D eigenvalue weighted by Gasteiger charge is 2.15. The third-order valence-corrected chi connectivity index (χ3v) is 3.75. The molecule has 3 nitrogen and oxygen atoms in total. The van der Waals surface area contributed by atoms with Crippen molar-refractivity contribution < 1.29 is 9.53 Å². The van der Waals surface area contributed by atoms with Crippen LogP contribution >= 0.6 is 0 Å². The molecule has 0 saturated heterocycles. The van der Waals surface area contributed by atoms with E-state index in [0.717, 1.165) is 22.2 Å². The standard InChI is InChI=1S/C18H17NO2/c1-11-4-7-14-15(10-19-16(14)8-11)18(20)13-6-5-12(2)17(9-13)21-3/h4-10,19H,1-3H3. The average Bonchev–Trinajstić information content (AvgIpc) is 2.89. The van der Waals surface area contributed by atoms with Crippen LogP contribution in [0.4, 0.5) is 0 Å². The number of benzene rings is 2. The van der Waals surface area contributed by atoms with Gasteiger partial charge < -0.3 is 9.72 Å². The summed E-state index contributed by atoms with van der Waals surface area (Å²) in [5.41, 5.74) is 4.50. The van der Waals surface area contributed by atoms with Crippen molar-refractivity contribution in [1.82, 2.24) is 4.98 Å². The predicted molar refractivity (Wildman–Crippen MR) is 84.2 cm³/mol. The van der Waals surface area contributed by atoms with E-state index in [4.69, 9.17) is 4.74 Å². The molecule has 1 N–H and O–H groups in total. The summed E-state index contributed by atoms with van der Waals surface area (Å²) in [7, 11) is 1.62. The second-order valence-electron chi connectivity index (χ2n) is 5.26. The molecule has 3 heteroatoms. The number of carbonyl (C=O) groups excluding carboxylic acids is 1. The van der Waals surface area contributed by atoms with E-state index >= 15 is 0 Å². The van der Waals surface area contributed by atoms with Crippen LogP contribution in [0.5, 0.6) is 5.75 Å². The van der Waals surface area contributed by atoms with Gasteiger partial charge in [0.25, 0.3) is 0 Å². The number of H-pyrrole nitrogens is 1. The first-order valence-corrected chi connectivity index (χ1v) is 6.87. The summed E-state index contributed by atoms with van der Waals surface area (Å²) in [6, 6.07) is 11.6. The van der Waals surface area contributed by atoms with Crippen molar-refractivity contribution in [3.8, 4) is 5.75 Å². The Hall–Kier alpha value is -2.55. The number of carbonyl (C=O) groups is 1. The quantitative estimate of drug-likeness (QED) is 0.736. The number of methoxy groups -OCH3 is 1. The number of hydrogen-bond acceptors (Lipinski definition) is 2. The minimum atomic E-state index is 0.00315. The van der Waals surface area contributed by atoms with Crippen LogP contribution in [-0.2, 0) is 0 Å². The van der Waals surface area contributed by atoms with E-state index in [1.807, 2.05) is 44.2 Å². The van der Waals surface area contributed by atoms with Gasteiger partial charge in [-0.15, -0.1) is 0 Å². The topological polar surface area (TPSA) is 42.1 Å². The number of fused-ring (bicyclic) bond motifs is 1. The first-order valence-electron chi connectivity index (χ1n) is 6.87. The fourth-order valence-electron chi connectivity index (χ4n) is 2.54. The summed E-state index contributed by atoms with van der Waals surface area (Å²) in [4.78, 5) is 15.9. The Bertz CT molecular complexity index is 830. The van der Waals surface area contributed by atoms with Gasteiger partial charge in [0.15, 0.2) is 5.78 Å². The molecule has 0 unspecified atom stereocenters. The molecule has 0 spiro atoms. The third-order valence-electron chi connectivity index (χ3n) is 3.75. The maximum atomic E-state index is 12.7. The second kappa shape index (κ2) is 5.09. The molecule has 3 aromatic rings. The number of aromatic nitrogens is 1. The van der Waals surface area contributed by atoms with Crippen LogP contribution in [0.3, 0.4) is 0 Å². The second-order valence-corrected chi connectivity index (χ2v) is 5.26. The first kappa shape index (κ1) is 13.4. The Morgan fingerprint density at radius 1 is 1.10 bits per heavy atom. The molecule has 0 saturated carbocycles. The summed E-state index contributed by atoms with van der Waals surface area (Å²) in [6.45, 7) is 3.99. The Labute approximate surface area is 123 Å². The zero-order valence-corrected chi connectivity index (χ0v) is 12.4. The summed E-state index contributed by atoms with van der Waals surface area (Å²) < 4.78 is 5.30. The molecular formula is C18H17NO2. The first-order chi connectivity index (χ1) is 10.1. The van der Waals surface area contributed by atoms with Crippen molar-refractivity contribution in [2.75, 3.05) is 7.11 Å². The Morgan fingerprint density at radius 3 is 2.67 bits per heavy atom. The molecule has 2 aromatic carbocycles. The summed E-state index contributed by atoms with van der Waals surface area (Å²) in [5, 5.41) is 0.949. The van der Waals surface area contributed by atoms with Crippen molar-refractivity contribution in [2.24, 2.45) is 0 Å². The maximum Gasteiger partial charge on any atom is 0.195 e. The van der Waals surface area contributed by atoms with Crippen LogP contribution in [-0.4, -0.2) is 17.9 Å². The van der Waals surface area contributed by atoms with Crippen LogP contribution in [0, 0.1) is 13.8 Å². The molecule has 21 heavy (non-hydrogen) atoms. The van der Waals surface area contributed by atoms with E-state index in [9.17, 15) is 4.79 Å². The normalized spacial score (nSPS) is 10.8. The number of rotatable bonds is 3. The number of hydrogen-bond donors (Lipinski definition) is 1. The molecule has 106 valence electrons. The largest absolute Gasteiger partial charge is 0.496 e. The van der Waals surface area contributed by atoms with E-state index in [1.165, 1.54) is 5.56 Å². The molecule has 0 bridgehead atoms. The molecule has 0 radical (unpaired) electrons. The summed E-state index contributed by atoms with van der Waals surface area (Å²) >= 11 is 0. The number of aromatic amines is 1. The molecular weight excluding hydrogens is 262 g/mol. The third kappa shape index (κ3) is 2.31. The van der Waals surface area contributed by atoms with E-state index < -0.39 is 0 Å². The molecule has 0 fully saturated rings. The number of ketones is 1. The van der Waals surface area contributed by atoms with Gasteiger partial charge >= 0.3 is 0 Å². The zero-order chi connectivity index (χ0) is 15.0. The van der Waals surface area contributed by atoms with Crippen molar-refractivity contribution in [3.63, 3.8) is 0 Å². The van der Waals surface area contributed by atoms with E-state index in [0.29, 0.717) is 11.1 Å². The number of nitrogens with one attached hydrogen (secondary N) is 1. The van der Waals surface area contributed by atoms with Crippen LogP contribution in [0.2, 0.25) is 0 Å². The van der Waals surface area contributed by atoms with E-state index in [1.54, 1.807) is 19.4 Å². The van der Waals surface area contributed by atoms with Crippen LogP contribution in [0.25, 0.3) is 10.9 Å². The van der Waals surface area contributed by atoms with E-state index in [-0.39, 0.29) is 5.78 Å². The molecule has 1 aromatic heterocycles. The SMILES string of the molecule is COc1cc(C(=O)c2c[nH]c3cc(C)ccc23)ccc1C. The highest BCUT2D eigenvalue weighted by molar-refractivity contribution is 6.16. The van der Waals surface area contributed by atoms with E-state index in [2.05, 4.69) is 4.98 Å². The molecule has 1 heterocycles. The minimum Gasteiger partial charge on any atom is -0.496 e. The monoisotopic (exact) mass is 279 g/mol. The smallest absolute Gasteiger partial charge is 0.195 e. The van der Waals surface area contributed by atoms with Gasteiger partial charge in [-0.05, 0) is 37.1 Å². The van der Waals surface area contributed by atoms with Gasteiger partial charge in [-0.3, -0.25) is 4.79 Å². The highest BCUT2D eigenvalue weighted by atomic mass is 16.5. The summed E-state index contributed by atoms with van der Waals surface area (Å²) in [6.07, 6.45) is 1.78. The molecule has 0 amide bonds. The summed E-state index contributed by atoms with van der Waals surface area (Å²) in [5.74, 6) is 0.736. The van der Waals surface area contributed by atoms with Crippen LogP contribution < -0.4 is 4.74 Å². The number of aryl methyl sites for hydroxylation is 2. The number of ether oxygens (including phenoxy) is 1. The van der Waals surface area contributed by atoms with Gasteiger partial charge in [0, 0.05) is 28.2 Å². The fourth-order valence-corrected chi connectivity index (χ4v) is 2.54. The van der Waals surface area contributed by atoms with Gasteiger partial charge in [-0.2, -0.15) is 0 Å². The molecule has 0 aliphatic rings. The lowest BCUT2D eigenvalue weighted by molar-refractivity contribution is 0.104. The van der Waals surface area contributed by atoms with Crippen LogP contribution in [0.15, 0.2) is 42.6 Å². The predicted octanol–water partition coefficient (Wildman–Crippen LogP) is 4.02. The molecule has 0 aliphatic heterocycles. The Morgan fingerprint density at radius 2 is 1.90 bits per heavy atom. The van der Waals surface area contributed by atoms with Crippen molar-refractivity contribution in [2.45, 2.75) is 13.8 Å². The van der Waals surface area contributed by atoms with Crippen molar-refractivity contribution in [3.05, 3.63) is 64.8 Å².